The number of carbonyl (C=O) groups is 2. The van der Waals surface area contributed by atoms with Gasteiger partial charge in [-0.2, -0.15) is 13.2 Å². The number of urea groups is 1. The molecule has 178 valence electrons. The van der Waals surface area contributed by atoms with E-state index in [4.69, 9.17) is 11.6 Å². The van der Waals surface area contributed by atoms with E-state index in [1.807, 2.05) is 0 Å². The molecule has 2 aromatic carbocycles. The molecule has 0 fully saturated rings. The molecule has 3 rings (SSSR count). The second-order valence-electron chi connectivity index (χ2n) is 6.67. The average molecular weight is 497 g/mol. The molecule has 3 aromatic rings. The fourth-order valence-corrected chi connectivity index (χ4v) is 2.88. The van der Waals surface area contributed by atoms with Crippen molar-refractivity contribution in [2.75, 3.05) is 16.0 Å². The van der Waals surface area contributed by atoms with Crippen molar-refractivity contribution in [1.29, 1.82) is 0 Å². The van der Waals surface area contributed by atoms with E-state index in [-0.39, 0.29) is 17.3 Å². The van der Waals surface area contributed by atoms with Crippen molar-refractivity contribution in [3.8, 4) is 0 Å². The van der Waals surface area contributed by atoms with Crippen LogP contribution >= 0.6 is 11.6 Å². The maximum Gasteiger partial charge on any atom is 0.417 e. The maximum atomic E-state index is 13.0. The van der Waals surface area contributed by atoms with Crippen LogP contribution in [0, 0.1) is 0 Å². The van der Waals surface area contributed by atoms with Gasteiger partial charge < -0.3 is 26.4 Å². The van der Waals surface area contributed by atoms with E-state index < -0.39 is 40.5 Å². The lowest BCUT2D eigenvalue weighted by atomic mass is 10.2. The van der Waals surface area contributed by atoms with Crippen LogP contribution in [0.3, 0.4) is 0 Å². The molecule has 0 saturated heterocycles. The largest absolute Gasteiger partial charge is 0.478 e. The standard InChI is InChI=1S/C20H16ClF3N6O4/c21-13-7-6-11(8-12(13)20(22,23)24)27-18-25-9-14(16(31)30-18)28-19(34)29-15(17(32)33)26-10-4-2-1-3-5-10/h1-9,15,26H,(H,32,33)(H2,28,29,34)(H2,25,27,30,31)/t15-/m0/s1. The predicted octanol–water partition coefficient (Wildman–Crippen LogP) is 3.83. The number of halogens is 4. The van der Waals surface area contributed by atoms with Gasteiger partial charge in [0.05, 0.1) is 16.8 Å². The monoisotopic (exact) mass is 496 g/mol. The summed E-state index contributed by atoms with van der Waals surface area (Å²) in [5.41, 5.74) is -1.87. The van der Waals surface area contributed by atoms with Crippen molar-refractivity contribution in [2.24, 2.45) is 0 Å². The third-order valence-electron chi connectivity index (χ3n) is 4.19. The number of anilines is 4. The number of hydrogen-bond acceptors (Lipinski definition) is 6. The molecule has 0 spiro atoms. The van der Waals surface area contributed by atoms with E-state index in [2.05, 4.69) is 31.2 Å². The molecule has 0 bridgehead atoms. The van der Waals surface area contributed by atoms with Gasteiger partial charge in [0.2, 0.25) is 12.1 Å². The first-order chi connectivity index (χ1) is 16.0. The number of nitrogens with zero attached hydrogens (tertiary/aromatic N) is 1. The number of aliphatic carboxylic acids is 1. The Hall–Kier alpha value is -4.26. The van der Waals surface area contributed by atoms with Crippen molar-refractivity contribution in [1.82, 2.24) is 15.3 Å². The molecular formula is C20H16ClF3N6O4. The minimum absolute atomic E-state index is 0.0467. The van der Waals surface area contributed by atoms with Crippen LogP contribution in [0.5, 0.6) is 0 Å². The average Bonchev–Trinajstić information content (AvgIpc) is 2.76. The van der Waals surface area contributed by atoms with Crippen LogP contribution in [0.2, 0.25) is 5.02 Å². The van der Waals surface area contributed by atoms with Crippen molar-refractivity contribution in [3.05, 3.63) is 75.7 Å². The molecule has 34 heavy (non-hydrogen) atoms. The highest BCUT2D eigenvalue weighted by atomic mass is 35.5. The third kappa shape index (κ3) is 6.38. The zero-order valence-electron chi connectivity index (χ0n) is 16.9. The summed E-state index contributed by atoms with van der Waals surface area (Å²) < 4.78 is 39.0. The van der Waals surface area contributed by atoms with Crippen LogP contribution in [0.4, 0.5) is 41.0 Å². The number of aromatic nitrogens is 2. The van der Waals surface area contributed by atoms with Gasteiger partial charge in [0.25, 0.3) is 5.56 Å². The summed E-state index contributed by atoms with van der Waals surface area (Å²) in [6.07, 6.45) is -5.25. The summed E-state index contributed by atoms with van der Waals surface area (Å²) in [6, 6.07) is 10.2. The van der Waals surface area contributed by atoms with Crippen LogP contribution in [0.15, 0.2) is 59.5 Å². The molecule has 1 aromatic heterocycles. The van der Waals surface area contributed by atoms with Crippen LogP contribution in [-0.2, 0) is 11.0 Å². The molecule has 0 aliphatic carbocycles. The summed E-state index contributed by atoms with van der Waals surface area (Å²) in [5, 5.41) is 18.2. The highest BCUT2D eigenvalue weighted by Gasteiger charge is 2.33. The van der Waals surface area contributed by atoms with Gasteiger partial charge in [-0.25, -0.2) is 14.6 Å². The van der Waals surface area contributed by atoms with E-state index in [0.717, 1.165) is 18.3 Å². The van der Waals surface area contributed by atoms with Gasteiger partial charge in [-0.1, -0.05) is 29.8 Å². The molecule has 14 heteroatoms. The van der Waals surface area contributed by atoms with Crippen LogP contribution < -0.4 is 26.8 Å². The maximum absolute atomic E-state index is 13.0. The first-order valence-corrected chi connectivity index (χ1v) is 9.76. The highest BCUT2D eigenvalue weighted by Crippen LogP contribution is 2.36. The third-order valence-corrected chi connectivity index (χ3v) is 4.52. The lowest BCUT2D eigenvalue weighted by molar-refractivity contribution is -0.138. The molecule has 0 aliphatic rings. The Morgan fingerprint density at radius 2 is 1.79 bits per heavy atom. The molecule has 2 amide bonds. The first-order valence-electron chi connectivity index (χ1n) is 9.38. The van der Waals surface area contributed by atoms with Gasteiger partial charge in [-0.05, 0) is 30.3 Å². The Kier molecular flexibility index (Phi) is 7.26. The number of para-hydroxylation sites is 1. The fourth-order valence-electron chi connectivity index (χ4n) is 2.65. The summed E-state index contributed by atoms with van der Waals surface area (Å²) in [5.74, 6) is -1.59. The number of aromatic amines is 1. The Morgan fingerprint density at radius 1 is 1.09 bits per heavy atom. The first kappa shape index (κ1) is 24.4. The van der Waals surface area contributed by atoms with Crippen molar-refractivity contribution in [2.45, 2.75) is 12.3 Å². The number of alkyl halides is 3. The van der Waals surface area contributed by atoms with Gasteiger partial charge >= 0.3 is 18.2 Å². The minimum atomic E-state index is -4.68. The minimum Gasteiger partial charge on any atom is -0.478 e. The zero-order chi connectivity index (χ0) is 24.9. The Bertz CT molecular complexity index is 1250. The Balaban J connectivity index is 1.67. The number of hydrogen-bond donors (Lipinski definition) is 6. The number of rotatable bonds is 7. The van der Waals surface area contributed by atoms with E-state index in [1.54, 1.807) is 30.3 Å². The van der Waals surface area contributed by atoms with Gasteiger partial charge in [0.15, 0.2) is 0 Å². The highest BCUT2D eigenvalue weighted by molar-refractivity contribution is 6.31. The molecule has 0 saturated carbocycles. The summed E-state index contributed by atoms with van der Waals surface area (Å²) in [4.78, 5) is 41.9. The fraction of sp³-hybridized carbons (Fsp3) is 0.100. The topological polar surface area (TPSA) is 148 Å². The van der Waals surface area contributed by atoms with Crippen LogP contribution in [0.1, 0.15) is 5.56 Å². The number of benzene rings is 2. The molecule has 6 N–H and O–H groups in total. The van der Waals surface area contributed by atoms with Crippen molar-refractivity contribution in [3.63, 3.8) is 0 Å². The lowest BCUT2D eigenvalue weighted by Crippen LogP contribution is -2.48. The predicted molar refractivity (Wildman–Crippen MR) is 118 cm³/mol. The lowest BCUT2D eigenvalue weighted by Gasteiger charge is -2.17. The summed E-state index contributed by atoms with van der Waals surface area (Å²) in [6.45, 7) is 0. The van der Waals surface area contributed by atoms with Gasteiger partial charge in [0, 0.05) is 11.4 Å². The van der Waals surface area contributed by atoms with E-state index in [9.17, 15) is 32.7 Å². The summed E-state index contributed by atoms with van der Waals surface area (Å²) in [7, 11) is 0. The number of amides is 2. The van der Waals surface area contributed by atoms with Crippen LogP contribution in [0.25, 0.3) is 0 Å². The molecule has 0 unspecified atom stereocenters. The van der Waals surface area contributed by atoms with Crippen molar-refractivity contribution >= 4 is 46.6 Å². The molecule has 1 atom stereocenters. The zero-order valence-corrected chi connectivity index (χ0v) is 17.7. The smallest absolute Gasteiger partial charge is 0.417 e. The van der Waals surface area contributed by atoms with Crippen molar-refractivity contribution < 1.29 is 27.9 Å². The Labute approximate surface area is 194 Å². The van der Waals surface area contributed by atoms with E-state index >= 15 is 0 Å². The van der Waals surface area contributed by atoms with Crippen LogP contribution in [-0.4, -0.2) is 33.2 Å². The summed E-state index contributed by atoms with van der Waals surface area (Å²) >= 11 is 5.57. The number of carboxylic acid groups (broad SMARTS) is 1. The quantitative estimate of drug-likeness (QED) is 0.272. The number of H-pyrrole nitrogens is 1. The number of carboxylic acids is 1. The molecular weight excluding hydrogens is 481 g/mol. The molecule has 10 nitrogen and oxygen atoms in total. The second kappa shape index (κ2) is 10.1. The molecule has 0 aliphatic heterocycles. The SMILES string of the molecule is O=C(Nc1cnc(Nc2ccc(Cl)c(C(F)(F)F)c2)[nH]c1=O)N[C@H](Nc1ccccc1)C(=O)O. The Morgan fingerprint density at radius 3 is 2.41 bits per heavy atom. The van der Waals surface area contributed by atoms with E-state index in [1.165, 1.54) is 6.07 Å². The molecule has 0 radical (unpaired) electrons. The second-order valence-corrected chi connectivity index (χ2v) is 7.08. The van der Waals surface area contributed by atoms with Gasteiger partial charge in [-0.3, -0.25) is 9.78 Å². The number of nitrogens with one attached hydrogen (secondary N) is 5. The number of carbonyl (C=O) groups excluding carboxylic acids is 1. The van der Waals surface area contributed by atoms with Gasteiger partial charge in [0.1, 0.15) is 5.69 Å². The van der Waals surface area contributed by atoms with Gasteiger partial charge in [-0.15, -0.1) is 0 Å². The van der Waals surface area contributed by atoms with E-state index in [0.29, 0.717) is 5.69 Å². The normalized spacial score (nSPS) is 11.9. The molecule has 1 heterocycles.